The molecule has 1 heterocycles. The summed E-state index contributed by atoms with van der Waals surface area (Å²) in [5.74, 6) is 0.773. The third-order valence-corrected chi connectivity index (χ3v) is 7.71. The van der Waals surface area contributed by atoms with Gasteiger partial charge >= 0.3 is 0 Å². The van der Waals surface area contributed by atoms with E-state index < -0.39 is 10.0 Å². The molecule has 1 atom stereocenters. The van der Waals surface area contributed by atoms with Crippen LogP contribution in [0.5, 0.6) is 0 Å². The summed E-state index contributed by atoms with van der Waals surface area (Å²) < 4.78 is 28.9. The summed E-state index contributed by atoms with van der Waals surface area (Å²) in [6.07, 6.45) is 7.43. The summed E-state index contributed by atoms with van der Waals surface area (Å²) >= 11 is 0. The SMILES string of the molecule is C[C@@H](CC1CCCC1)NCc1ccccc1NS(=O)(=O)c1ccc2c(c1)CCC(=O)N2. The fourth-order valence-corrected chi connectivity index (χ4v) is 5.77. The Bertz CT molecular complexity index is 1050. The number of rotatable bonds is 8. The minimum absolute atomic E-state index is 0.0372. The first-order valence-corrected chi connectivity index (χ1v) is 12.7. The number of hydrogen-bond donors (Lipinski definition) is 3. The van der Waals surface area contributed by atoms with Crippen molar-refractivity contribution in [1.29, 1.82) is 0 Å². The van der Waals surface area contributed by atoms with E-state index in [1.54, 1.807) is 18.2 Å². The van der Waals surface area contributed by atoms with Gasteiger partial charge in [0, 0.05) is 24.7 Å². The fourth-order valence-electron chi connectivity index (χ4n) is 4.62. The first kappa shape index (κ1) is 21.8. The highest BCUT2D eigenvalue weighted by Gasteiger charge is 2.21. The number of hydrogen-bond acceptors (Lipinski definition) is 4. The maximum Gasteiger partial charge on any atom is 0.261 e. The zero-order chi connectivity index (χ0) is 21.8. The summed E-state index contributed by atoms with van der Waals surface area (Å²) in [4.78, 5) is 11.8. The van der Waals surface area contributed by atoms with Gasteiger partial charge in [-0.1, -0.05) is 43.9 Å². The van der Waals surface area contributed by atoms with E-state index in [4.69, 9.17) is 0 Å². The Morgan fingerprint density at radius 1 is 1.10 bits per heavy atom. The molecule has 1 amide bonds. The molecule has 0 bridgehead atoms. The van der Waals surface area contributed by atoms with Gasteiger partial charge in [0.05, 0.1) is 10.6 Å². The van der Waals surface area contributed by atoms with Gasteiger partial charge in [0.1, 0.15) is 0 Å². The Balaban J connectivity index is 1.44. The average molecular weight is 442 g/mol. The van der Waals surface area contributed by atoms with Crippen LogP contribution in [0.4, 0.5) is 11.4 Å². The van der Waals surface area contributed by atoms with Crippen molar-refractivity contribution >= 4 is 27.3 Å². The number of anilines is 2. The van der Waals surface area contributed by atoms with Crippen molar-refractivity contribution < 1.29 is 13.2 Å². The molecule has 2 aromatic rings. The lowest BCUT2D eigenvalue weighted by Crippen LogP contribution is -2.28. The van der Waals surface area contributed by atoms with E-state index in [9.17, 15) is 13.2 Å². The third kappa shape index (κ3) is 5.46. The first-order valence-electron chi connectivity index (χ1n) is 11.2. The van der Waals surface area contributed by atoms with Gasteiger partial charge in [-0.15, -0.1) is 0 Å². The molecule has 1 aliphatic heterocycles. The molecule has 166 valence electrons. The van der Waals surface area contributed by atoms with Gasteiger partial charge in [0.25, 0.3) is 10.0 Å². The molecule has 2 aromatic carbocycles. The van der Waals surface area contributed by atoms with Crippen LogP contribution in [0, 0.1) is 5.92 Å². The van der Waals surface area contributed by atoms with Crippen molar-refractivity contribution in [2.24, 2.45) is 5.92 Å². The molecule has 6 nitrogen and oxygen atoms in total. The second kappa shape index (κ2) is 9.40. The van der Waals surface area contributed by atoms with Crippen molar-refractivity contribution in [2.45, 2.75) is 69.4 Å². The molecule has 7 heteroatoms. The molecule has 0 spiro atoms. The number of sulfonamides is 1. The van der Waals surface area contributed by atoms with Crippen molar-refractivity contribution in [3.05, 3.63) is 53.6 Å². The zero-order valence-corrected chi connectivity index (χ0v) is 18.8. The number of nitrogens with one attached hydrogen (secondary N) is 3. The maximum absolute atomic E-state index is 13.1. The van der Waals surface area contributed by atoms with Crippen LogP contribution in [-0.2, 0) is 27.8 Å². The van der Waals surface area contributed by atoms with Crippen LogP contribution < -0.4 is 15.4 Å². The first-order chi connectivity index (χ1) is 14.9. The van der Waals surface area contributed by atoms with Crippen LogP contribution in [0.3, 0.4) is 0 Å². The molecule has 1 fully saturated rings. The summed E-state index contributed by atoms with van der Waals surface area (Å²) in [6.45, 7) is 2.82. The highest BCUT2D eigenvalue weighted by molar-refractivity contribution is 7.92. The van der Waals surface area contributed by atoms with E-state index in [2.05, 4.69) is 22.3 Å². The zero-order valence-electron chi connectivity index (χ0n) is 18.0. The Morgan fingerprint density at radius 3 is 2.68 bits per heavy atom. The third-order valence-electron chi connectivity index (χ3n) is 6.35. The molecule has 4 rings (SSSR count). The van der Waals surface area contributed by atoms with Gasteiger partial charge in [-0.3, -0.25) is 9.52 Å². The van der Waals surface area contributed by atoms with E-state index in [1.807, 2.05) is 18.2 Å². The lowest BCUT2D eigenvalue weighted by Gasteiger charge is -2.20. The molecule has 31 heavy (non-hydrogen) atoms. The van der Waals surface area contributed by atoms with Crippen molar-refractivity contribution in [3.8, 4) is 0 Å². The monoisotopic (exact) mass is 441 g/mol. The highest BCUT2D eigenvalue weighted by Crippen LogP contribution is 2.29. The van der Waals surface area contributed by atoms with E-state index in [0.29, 0.717) is 36.8 Å². The minimum Gasteiger partial charge on any atom is -0.326 e. The number of amides is 1. The van der Waals surface area contributed by atoms with Gasteiger partial charge in [-0.25, -0.2) is 8.42 Å². The number of para-hydroxylation sites is 1. The van der Waals surface area contributed by atoms with Gasteiger partial charge in [0.15, 0.2) is 0 Å². The Labute approximate surface area is 184 Å². The normalized spacial score (nSPS) is 17.8. The Kier molecular flexibility index (Phi) is 6.62. The van der Waals surface area contributed by atoms with Crippen LogP contribution in [0.2, 0.25) is 0 Å². The van der Waals surface area contributed by atoms with Crippen molar-refractivity contribution in [1.82, 2.24) is 5.32 Å². The van der Waals surface area contributed by atoms with E-state index in [0.717, 1.165) is 17.0 Å². The van der Waals surface area contributed by atoms with E-state index in [-0.39, 0.29) is 10.8 Å². The summed E-state index contributed by atoms with van der Waals surface area (Å²) in [5.41, 5.74) is 3.05. The summed E-state index contributed by atoms with van der Waals surface area (Å²) in [5, 5.41) is 6.35. The van der Waals surface area contributed by atoms with Gasteiger partial charge in [-0.2, -0.15) is 0 Å². The largest absolute Gasteiger partial charge is 0.326 e. The van der Waals surface area contributed by atoms with E-state index >= 15 is 0 Å². The quantitative estimate of drug-likeness (QED) is 0.566. The van der Waals surface area contributed by atoms with Crippen LogP contribution in [0.1, 0.15) is 56.6 Å². The smallest absolute Gasteiger partial charge is 0.261 e. The second-order valence-corrected chi connectivity index (χ2v) is 10.5. The van der Waals surface area contributed by atoms with Crippen LogP contribution in [-0.4, -0.2) is 20.4 Å². The predicted octanol–water partition coefficient (Wildman–Crippen LogP) is 4.43. The van der Waals surface area contributed by atoms with Crippen LogP contribution in [0.15, 0.2) is 47.4 Å². The Hall–Kier alpha value is -2.38. The molecular weight excluding hydrogens is 410 g/mol. The van der Waals surface area contributed by atoms with Crippen LogP contribution >= 0.6 is 0 Å². The van der Waals surface area contributed by atoms with Gasteiger partial charge < -0.3 is 10.6 Å². The average Bonchev–Trinajstić information content (AvgIpc) is 3.25. The highest BCUT2D eigenvalue weighted by atomic mass is 32.2. The number of aryl methyl sites for hydroxylation is 1. The van der Waals surface area contributed by atoms with Gasteiger partial charge in [-0.05, 0) is 61.1 Å². The standard InChI is InChI=1S/C24H31N3O3S/c1-17(14-18-6-2-3-7-18)25-16-20-8-4-5-9-23(20)27-31(29,30)21-11-12-22-19(15-21)10-13-24(28)26-22/h4-5,8-9,11-12,15,17-18,25,27H,2-3,6-7,10,13-14,16H2,1H3,(H,26,28)/t17-/m0/s1. The molecule has 0 radical (unpaired) electrons. The van der Waals surface area contributed by atoms with Crippen molar-refractivity contribution in [3.63, 3.8) is 0 Å². The number of fused-ring (bicyclic) bond motifs is 1. The molecule has 0 aromatic heterocycles. The number of benzene rings is 2. The molecular formula is C24H31N3O3S. The lowest BCUT2D eigenvalue weighted by atomic mass is 9.99. The Morgan fingerprint density at radius 2 is 1.87 bits per heavy atom. The maximum atomic E-state index is 13.1. The molecule has 1 aliphatic carbocycles. The fraction of sp³-hybridized carbons (Fsp3) is 0.458. The number of carbonyl (C=O) groups excluding carboxylic acids is 1. The second-order valence-electron chi connectivity index (χ2n) is 8.80. The predicted molar refractivity (Wildman–Crippen MR) is 124 cm³/mol. The van der Waals surface area contributed by atoms with Crippen LogP contribution in [0.25, 0.3) is 0 Å². The lowest BCUT2D eigenvalue weighted by molar-refractivity contribution is -0.116. The summed E-state index contributed by atoms with van der Waals surface area (Å²) in [6, 6.07) is 12.8. The molecule has 1 saturated carbocycles. The minimum atomic E-state index is -3.73. The molecule has 0 unspecified atom stereocenters. The molecule has 0 saturated heterocycles. The van der Waals surface area contributed by atoms with E-state index in [1.165, 1.54) is 38.2 Å². The number of carbonyl (C=O) groups is 1. The topological polar surface area (TPSA) is 87.3 Å². The van der Waals surface area contributed by atoms with Gasteiger partial charge in [0.2, 0.25) is 5.91 Å². The van der Waals surface area contributed by atoms with Crippen molar-refractivity contribution in [2.75, 3.05) is 10.0 Å². The molecule has 2 aliphatic rings. The molecule has 3 N–H and O–H groups in total. The summed E-state index contributed by atoms with van der Waals surface area (Å²) in [7, 11) is -3.73.